The van der Waals surface area contributed by atoms with Crippen LogP contribution in [0, 0.1) is 25.1 Å². The smallest absolute Gasteiger partial charge is 0 e. The van der Waals surface area contributed by atoms with Gasteiger partial charge in [-0.3, -0.25) is 9.97 Å². The number of imidazole rings is 1. The molecular weight excluding hydrogens is 1100 g/mol. The van der Waals surface area contributed by atoms with Crippen LogP contribution in [-0.4, -0.2) is 37.8 Å². The number of furan rings is 1. The average molecular weight is 1160 g/mol. The summed E-state index contributed by atoms with van der Waals surface area (Å²) in [6.45, 7) is 11.1. The molecule has 1 aliphatic carbocycles. The van der Waals surface area contributed by atoms with Gasteiger partial charge < -0.3 is 14.0 Å². The minimum absolute atomic E-state index is 0. The molecule has 5 aromatic carbocycles. The number of rotatable bonds is 10. The quantitative estimate of drug-likeness (QED) is 0.101. The second kappa shape index (κ2) is 20.8. The van der Waals surface area contributed by atoms with Crippen LogP contribution in [0.3, 0.4) is 0 Å². The normalized spacial score (nSPS) is 13.1. The SMILES string of the molecule is Cc1nccc2nc(-c3[c-]nc4oc5ccc(-c6ccccc6)cc5c4c3)n(-c3c(C(C)C)cc(-c4ccccc4)cc3C(C)C)c12.[CH3][Ge]([CH3])([CH3])[c]1cnc(-c2[c-]cccc2)cc1CC1CCCC1.[Ir]. The number of nitrogens with zero attached hydrogens (tertiary/aromatic N) is 5. The Labute approximate surface area is 429 Å². The van der Waals surface area contributed by atoms with E-state index in [1.165, 1.54) is 54.4 Å². The molecule has 0 bridgehead atoms. The molecule has 0 unspecified atom stereocenters. The fourth-order valence-electron chi connectivity index (χ4n) is 10.3. The Morgan fingerprint density at radius 3 is 2.01 bits per heavy atom. The molecule has 0 N–H and O–H groups in total. The van der Waals surface area contributed by atoms with Gasteiger partial charge in [0.15, 0.2) is 0 Å². The summed E-state index contributed by atoms with van der Waals surface area (Å²) in [5.74, 6) is 9.62. The van der Waals surface area contributed by atoms with Crippen LogP contribution in [-0.2, 0) is 26.5 Å². The molecule has 8 heteroatoms. The minimum Gasteiger partial charge on any atom is 0 e. The zero-order chi connectivity index (χ0) is 47.8. The first-order valence-electron chi connectivity index (χ1n) is 24.8. The molecule has 1 radical (unpaired) electrons. The summed E-state index contributed by atoms with van der Waals surface area (Å²) in [4.78, 5) is 19.5. The summed E-state index contributed by atoms with van der Waals surface area (Å²) in [5, 5.41) is 1.95. The summed E-state index contributed by atoms with van der Waals surface area (Å²) >= 11 is -1.87. The van der Waals surface area contributed by atoms with Crippen LogP contribution in [0.25, 0.3) is 83.7 Å². The second-order valence-corrected chi connectivity index (χ2v) is 31.1. The molecule has 0 amide bonds. The number of aromatic nitrogens is 5. The van der Waals surface area contributed by atoms with Gasteiger partial charge in [-0.2, -0.15) is 0 Å². The van der Waals surface area contributed by atoms with Gasteiger partial charge in [0, 0.05) is 37.4 Å². The van der Waals surface area contributed by atoms with Gasteiger partial charge in [-0.05, 0) is 94.1 Å². The molecule has 0 saturated heterocycles. The first-order chi connectivity index (χ1) is 33.4. The van der Waals surface area contributed by atoms with Gasteiger partial charge in [-0.25, -0.2) is 0 Å². The van der Waals surface area contributed by atoms with Crippen molar-refractivity contribution in [3.05, 3.63) is 181 Å². The van der Waals surface area contributed by atoms with Crippen molar-refractivity contribution in [3.63, 3.8) is 0 Å². The summed E-state index contributed by atoms with van der Waals surface area (Å²) < 4.78 is 10.1. The van der Waals surface area contributed by atoms with Crippen LogP contribution in [0.5, 0.6) is 0 Å². The van der Waals surface area contributed by atoms with Gasteiger partial charge in [-0.1, -0.05) is 100.0 Å². The first kappa shape index (κ1) is 49.0. The van der Waals surface area contributed by atoms with E-state index in [4.69, 9.17) is 24.4 Å². The molecule has 1 saturated carbocycles. The molecular formula is C62H61GeIrN5O-2. The Hall–Kier alpha value is -5.99. The molecule has 6 nitrogen and oxygen atoms in total. The molecule has 10 aromatic rings. The maximum Gasteiger partial charge on any atom is 0 e. The fourth-order valence-corrected chi connectivity index (χ4v) is 13.6. The third-order valence-electron chi connectivity index (χ3n) is 13.9. The molecule has 11 rings (SSSR count). The number of fused-ring (bicyclic) bond motifs is 4. The number of benzene rings is 5. The van der Waals surface area contributed by atoms with Crippen molar-refractivity contribution in [3.8, 4) is 50.6 Å². The zero-order valence-electron chi connectivity index (χ0n) is 41.6. The Balaban J connectivity index is 0.000000222. The fraction of sp³-hybridized carbons (Fsp3) is 0.258. The van der Waals surface area contributed by atoms with Crippen molar-refractivity contribution >= 4 is 50.8 Å². The maximum absolute atomic E-state index is 6.20. The molecule has 0 atom stereocenters. The van der Waals surface area contributed by atoms with Gasteiger partial charge in [-0.15, -0.1) is 6.07 Å². The molecule has 70 heavy (non-hydrogen) atoms. The Kier molecular flexibility index (Phi) is 14.5. The topological polar surface area (TPSA) is 69.6 Å². The van der Waals surface area contributed by atoms with Crippen LogP contribution in [0.1, 0.15) is 87.6 Å². The Morgan fingerprint density at radius 2 is 1.37 bits per heavy atom. The third-order valence-corrected chi connectivity index (χ3v) is 18.2. The summed E-state index contributed by atoms with van der Waals surface area (Å²) in [6.07, 6.45) is 14.2. The number of hydrogen-bond donors (Lipinski definition) is 0. The largest absolute Gasteiger partial charge is 0 e. The Morgan fingerprint density at radius 1 is 0.700 bits per heavy atom. The first-order valence-corrected chi connectivity index (χ1v) is 32.1. The van der Waals surface area contributed by atoms with Crippen molar-refractivity contribution in [1.82, 2.24) is 24.5 Å². The molecule has 355 valence electrons. The van der Waals surface area contributed by atoms with E-state index in [1.54, 1.807) is 9.96 Å². The number of aryl methyl sites for hydroxylation is 1. The van der Waals surface area contributed by atoms with E-state index >= 15 is 0 Å². The van der Waals surface area contributed by atoms with E-state index < -0.39 is 13.3 Å². The monoisotopic (exact) mass is 1160 g/mol. The van der Waals surface area contributed by atoms with Gasteiger partial charge in [0.1, 0.15) is 11.3 Å². The van der Waals surface area contributed by atoms with Gasteiger partial charge in [0.25, 0.3) is 0 Å². The third kappa shape index (κ3) is 9.99. The molecule has 0 spiro atoms. The van der Waals surface area contributed by atoms with Gasteiger partial charge >= 0.3 is 137 Å². The van der Waals surface area contributed by atoms with Crippen molar-refractivity contribution < 1.29 is 24.5 Å². The van der Waals surface area contributed by atoms with Crippen molar-refractivity contribution in [2.75, 3.05) is 0 Å². The molecule has 5 heterocycles. The summed E-state index contributed by atoms with van der Waals surface area (Å²) in [7, 11) is 0. The van der Waals surface area contributed by atoms with E-state index in [-0.39, 0.29) is 31.9 Å². The van der Waals surface area contributed by atoms with Gasteiger partial charge in [0.2, 0.25) is 0 Å². The molecule has 5 aromatic heterocycles. The van der Waals surface area contributed by atoms with E-state index in [1.807, 2.05) is 36.5 Å². The predicted molar refractivity (Wildman–Crippen MR) is 289 cm³/mol. The predicted octanol–water partition coefficient (Wildman–Crippen LogP) is 15.9. The Bertz CT molecular complexity index is 3390. The maximum atomic E-state index is 6.20. The number of pyridine rings is 3. The summed E-state index contributed by atoms with van der Waals surface area (Å²) in [6, 6.07) is 50.0. The minimum atomic E-state index is -1.87. The van der Waals surface area contributed by atoms with E-state index in [2.05, 4.69) is 178 Å². The van der Waals surface area contributed by atoms with E-state index in [0.29, 0.717) is 5.71 Å². The van der Waals surface area contributed by atoms with Crippen molar-refractivity contribution in [2.45, 2.75) is 95.8 Å². The second-order valence-electron chi connectivity index (χ2n) is 20.5. The molecule has 0 aliphatic heterocycles. The zero-order valence-corrected chi connectivity index (χ0v) is 46.1. The average Bonchev–Trinajstić information content (AvgIpc) is 4.12. The number of hydrogen-bond acceptors (Lipinski definition) is 5. The van der Waals surface area contributed by atoms with Crippen LogP contribution < -0.4 is 4.40 Å². The van der Waals surface area contributed by atoms with Crippen molar-refractivity contribution in [2.24, 2.45) is 5.92 Å². The molecule has 1 aliphatic rings. The van der Waals surface area contributed by atoms with Crippen LogP contribution in [0.15, 0.2) is 150 Å². The van der Waals surface area contributed by atoms with Crippen LogP contribution >= 0.6 is 0 Å². The van der Waals surface area contributed by atoms with Crippen LogP contribution in [0.2, 0.25) is 17.3 Å². The van der Waals surface area contributed by atoms with Gasteiger partial charge in [0.05, 0.1) is 22.6 Å². The molecule has 1 fully saturated rings. The standard InChI is InChI=1S/C42H35N4O.C20H26GeN.Ir/c1-25(2)33-21-31(29-14-10-7-11-15-29)22-34(26(3)4)40(33)46-39-27(5)43-19-18-37(39)45-41(46)32-23-36-35-20-30(28-12-8-6-9-13-28)16-17-38(35)47-42(36)44-24-32;1-21(2,3)19-15-22-20(17-11-5-4-6-12-17)14-18(19)13-16-9-7-8-10-16;/h6-23,25-26H,1-5H3;4-6,11,14-16H,7-10,13H2,1-3H3;/q2*-1;. The van der Waals surface area contributed by atoms with E-state index in [9.17, 15) is 0 Å². The summed E-state index contributed by atoms with van der Waals surface area (Å²) in [5.41, 5.74) is 17.1. The van der Waals surface area contributed by atoms with E-state index in [0.717, 1.165) is 78.5 Å². The van der Waals surface area contributed by atoms with Crippen molar-refractivity contribution in [1.29, 1.82) is 0 Å². The van der Waals surface area contributed by atoms with Crippen LogP contribution in [0.4, 0.5) is 0 Å².